The number of furan rings is 1. The fraction of sp³-hybridized carbons (Fsp3) is 0. The van der Waals surface area contributed by atoms with Crippen LogP contribution in [0.25, 0.3) is 17.1 Å². The maximum atomic E-state index is 5.94. The van der Waals surface area contributed by atoms with Crippen LogP contribution in [0.2, 0.25) is 5.02 Å². The third-order valence-electron chi connectivity index (χ3n) is 3.39. The Labute approximate surface area is 132 Å². The molecule has 0 fully saturated rings. The lowest BCUT2D eigenvalue weighted by Gasteiger charge is -2.08. The number of nitrogens with one attached hydrogen (secondary N) is 1. The molecule has 0 spiro atoms. The van der Waals surface area contributed by atoms with Crippen molar-refractivity contribution in [1.29, 1.82) is 0 Å². The number of hydrogen-bond acceptors (Lipinski definition) is 3. The van der Waals surface area contributed by atoms with Gasteiger partial charge < -0.3 is 9.73 Å². The van der Waals surface area contributed by atoms with Crippen LogP contribution in [0.1, 0.15) is 0 Å². The van der Waals surface area contributed by atoms with E-state index < -0.39 is 0 Å². The smallest absolute Gasteiger partial charge is 0.156 e. The summed E-state index contributed by atoms with van der Waals surface area (Å²) in [7, 11) is 0. The van der Waals surface area contributed by atoms with Gasteiger partial charge in [-0.2, -0.15) is 0 Å². The molecule has 4 nitrogen and oxygen atoms in total. The summed E-state index contributed by atoms with van der Waals surface area (Å²) in [6, 6.07) is 17.2. The fourth-order valence-electron chi connectivity index (χ4n) is 2.37. The van der Waals surface area contributed by atoms with Gasteiger partial charge in [0.15, 0.2) is 5.76 Å². The highest BCUT2D eigenvalue weighted by Crippen LogP contribution is 2.31. The largest absolute Gasteiger partial charge is 0.463 e. The lowest BCUT2D eigenvalue weighted by Crippen LogP contribution is -1.96. The second-order valence-electron chi connectivity index (χ2n) is 4.85. The van der Waals surface area contributed by atoms with Gasteiger partial charge in [0.1, 0.15) is 17.2 Å². The second kappa shape index (κ2) is 5.24. The van der Waals surface area contributed by atoms with Crippen molar-refractivity contribution < 1.29 is 4.42 Å². The quantitative estimate of drug-likeness (QED) is 0.579. The fourth-order valence-corrected chi connectivity index (χ4v) is 2.50. The van der Waals surface area contributed by atoms with Gasteiger partial charge in [-0.05, 0) is 48.5 Å². The van der Waals surface area contributed by atoms with Crippen LogP contribution in [-0.4, -0.2) is 9.38 Å². The SMILES string of the molecule is Clc1ccc(Nc2c(-c3ccco3)nc3ccccn23)cc1. The predicted octanol–water partition coefficient (Wildman–Crippen LogP) is 4.99. The van der Waals surface area contributed by atoms with E-state index in [-0.39, 0.29) is 0 Å². The van der Waals surface area contributed by atoms with Crippen molar-refractivity contribution in [3.05, 3.63) is 72.1 Å². The molecular weight excluding hydrogens is 298 g/mol. The number of fused-ring (bicyclic) bond motifs is 1. The second-order valence-corrected chi connectivity index (χ2v) is 5.28. The van der Waals surface area contributed by atoms with E-state index in [0.717, 1.165) is 28.6 Å². The number of aromatic nitrogens is 2. The molecule has 5 heteroatoms. The molecule has 0 saturated carbocycles. The van der Waals surface area contributed by atoms with Gasteiger partial charge in [0.25, 0.3) is 0 Å². The minimum atomic E-state index is 0.704. The molecule has 0 aliphatic rings. The summed E-state index contributed by atoms with van der Waals surface area (Å²) in [5.41, 5.74) is 2.55. The highest BCUT2D eigenvalue weighted by molar-refractivity contribution is 6.30. The van der Waals surface area contributed by atoms with Gasteiger partial charge >= 0.3 is 0 Å². The summed E-state index contributed by atoms with van der Waals surface area (Å²) in [6.45, 7) is 0. The van der Waals surface area contributed by atoms with Gasteiger partial charge in [-0.1, -0.05) is 17.7 Å². The van der Waals surface area contributed by atoms with E-state index in [1.807, 2.05) is 65.2 Å². The molecule has 0 saturated heterocycles. The number of anilines is 2. The van der Waals surface area contributed by atoms with Gasteiger partial charge in [0.05, 0.1) is 6.26 Å². The molecule has 4 rings (SSSR count). The molecule has 108 valence electrons. The molecule has 0 bridgehead atoms. The molecular formula is C17H12ClN3O. The van der Waals surface area contributed by atoms with Crippen LogP contribution >= 0.6 is 11.6 Å². The first kappa shape index (κ1) is 13.0. The molecule has 0 radical (unpaired) electrons. The Kier molecular flexibility index (Phi) is 3.09. The monoisotopic (exact) mass is 309 g/mol. The van der Waals surface area contributed by atoms with Gasteiger partial charge in [-0.3, -0.25) is 4.40 Å². The number of halogens is 1. The zero-order valence-electron chi connectivity index (χ0n) is 11.5. The summed E-state index contributed by atoms with van der Waals surface area (Å²) in [4.78, 5) is 4.65. The lowest BCUT2D eigenvalue weighted by atomic mass is 10.3. The van der Waals surface area contributed by atoms with Crippen LogP contribution in [0.4, 0.5) is 11.5 Å². The van der Waals surface area contributed by atoms with Crippen molar-refractivity contribution in [2.45, 2.75) is 0 Å². The van der Waals surface area contributed by atoms with E-state index in [1.54, 1.807) is 6.26 Å². The van der Waals surface area contributed by atoms with E-state index in [2.05, 4.69) is 10.3 Å². The van der Waals surface area contributed by atoms with Gasteiger partial charge in [-0.25, -0.2) is 4.98 Å². The molecule has 1 aromatic carbocycles. The highest BCUT2D eigenvalue weighted by Gasteiger charge is 2.16. The molecule has 1 N–H and O–H groups in total. The molecule has 3 heterocycles. The van der Waals surface area contributed by atoms with Crippen LogP contribution in [0, 0.1) is 0 Å². The van der Waals surface area contributed by atoms with Crippen LogP contribution in [0.5, 0.6) is 0 Å². The zero-order chi connectivity index (χ0) is 14.9. The van der Waals surface area contributed by atoms with Crippen molar-refractivity contribution in [2.24, 2.45) is 0 Å². The van der Waals surface area contributed by atoms with Crippen LogP contribution < -0.4 is 5.32 Å². The molecule has 0 unspecified atom stereocenters. The molecule has 4 aromatic rings. The average molecular weight is 310 g/mol. The number of hydrogen-bond donors (Lipinski definition) is 1. The minimum absolute atomic E-state index is 0.704. The third-order valence-corrected chi connectivity index (χ3v) is 3.64. The summed E-state index contributed by atoms with van der Waals surface area (Å²) in [6.07, 6.45) is 3.61. The summed E-state index contributed by atoms with van der Waals surface area (Å²) >= 11 is 5.94. The molecule has 22 heavy (non-hydrogen) atoms. The van der Waals surface area contributed by atoms with Crippen molar-refractivity contribution in [1.82, 2.24) is 9.38 Å². The Morgan fingerprint density at radius 1 is 1.00 bits per heavy atom. The van der Waals surface area contributed by atoms with E-state index in [0.29, 0.717) is 5.02 Å². The van der Waals surface area contributed by atoms with E-state index >= 15 is 0 Å². The summed E-state index contributed by atoms with van der Waals surface area (Å²) < 4.78 is 7.50. The zero-order valence-corrected chi connectivity index (χ0v) is 12.3. The van der Waals surface area contributed by atoms with Crippen LogP contribution in [-0.2, 0) is 0 Å². The molecule has 0 atom stereocenters. The number of nitrogens with zero attached hydrogens (tertiary/aromatic N) is 2. The number of imidazole rings is 1. The Morgan fingerprint density at radius 3 is 2.64 bits per heavy atom. The predicted molar refractivity (Wildman–Crippen MR) is 87.6 cm³/mol. The number of benzene rings is 1. The summed E-state index contributed by atoms with van der Waals surface area (Å²) in [5.74, 6) is 1.58. The van der Waals surface area contributed by atoms with Crippen molar-refractivity contribution in [3.63, 3.8) is 0 Å². The third kappa shape index (κ3) is 2.23. The minimum Gasteiger partial charge on any atom is -0.463 e. The molecule has 3 aromatic heterocycles. The first-order valence-corrected chi connectivity index (χ1v) is 7.22. The molecule has 0 aliphatic carbocycles. The maximum Gasteiger partial charge on any atom is 0.156 e. The average Bonchev–Trinajstić information content (AvgIpc) is 3.18. The van der Waals surface area contributed by atoms with Crippen molar-refractivity contribution >= 4 is 28.8 Å². The van der Waals surface area contributed by atoms with E-state index in [1.165, 1.54) is 0 Å². The lowest BCUT2D eigenvalue weighted by molar-refractivity contribution is 0.581. The van der Waals surface area contributed by atoms with Crippen LogP contribution in [0.15, 0.2) is 71.5 Å². The van der Waals surface area contributed by atoms with Gasteiger partial charge in [0.2, 0.25) is 0 Å². The van der Waals surface area contributed by atoms with Crippen molar-refractivity contribution in [3.8, 4) is 11.5 Å². The van der Waals surface area contributed by atoms with E-state index in [9.17, 15) is 0 Å². The topological polar surface area (TPSA) is 42.5 Å². The van der Waals surface area contributed by atoms with Gasteiger partial charge in [0, 0.05) is 16.9 Å². The number of rotatable bonds is 3. The standard InChI is InChI=1S/C17H12ClN3O/c18-12-6-8-13(9-7-12)19-17-16(14-4-3-11-22-14)20-15-5-1-2-10-21(15)17/h1-11,19H. The highest BCUT2D eigenvalue weighted by atomic mass is 35.5. The normalized spacial score (nSPS) is 11.0. The maximum absolute atomic E-state index is 5.94. The molecule has 0 aliphatic heterocycles. The van der Waals surface area contributed by atoms with Crippen LogP contribution in [0.3, 0.4) is 0 Å². The Hall–Kier alpha value is -2.72. The van der Waals surface area contributed by atoms with Gasteiger partial charge in [-0.15, -0.1) is 0 Å². The Morgan fingerprint density at radius 2 is 1.86 bits per heavy atom. The molecule has 0 amide bonds. The van der Waals surface area contributed by atoms with E-state index in [4.69, 9.17) is 16.0 Å². The number of pyridine rings is 1. The summed E-state index contributed by atoms with van der Waals surface area (Å²) in [5, 5.41) is 4.10. The Balaban J connectivity index is 1.87. The first-order chi connectivity index (χ1) is 10.8. The Bertz CT molecular complexity index is 911. The first-order valence-electron chi connectivity index (χ1n) is 6.85. The van der Waals surface area contributed by atoms with Crippen molar-refractivity contribution in [2.75, 3.05) is 5.32 Å².